The first-order chi connectivity index (χ1) is 8.56. The lowest BCUT2D eigenvalue weighted by Crippen LogP contribution is -2.46. The zero-order valence-corrected chi connectivity index (χ0v) is 11.1. The van der Waals surface area contributed by atoms with E-state index in [2.05, 4.69) is 29.5 Å². The maximum atomic E-state index is 12.0. The Hall–Kier alpha value is -1.56. The summed E-state index contributed by atoms with van der Waals surface area (Å²) < 4.78 is 4.91. The highest BCUT2D eigenvalue weighted by Crippen LogP contribution is 2.15. The lowest BCUT2D eigenvalue weighted by Gasteiger charge is -2.34. The van der Waals surface area contributed by atoms with Gasteiger partial charge < -0.3 is 14.3 Å². The summed E-state index contributed by atoms with van der Waals surface area (Å²) in [7, 11) is 4.16. The molecule has 1 aliphatic rings. The molecule has 6 nitrogen and oxygen atoms in total. The number of urea groups is 1. The number of aromatic nitrogens is 1. The summed E-state index contributed by atoms with van der Waals surface area (Å²) in [6.07, 6.45) is 2.02. The number of carbonyl (C=O) groups is 1. The molecule has 0 saturated carbocycles. The van der Waals surface area contributed by atoms with E-state index in [1.807, 2.05) is 4.90 Å². The minimum absolute atomic E-state index is 0.0968. The molecular formula is C12H20N4O2. The molecule has 0 spiro atoms. The number of carbonyl (C=O) groups excluding carboxylic acids is 1. The van der Waals surface area contributed by atoms with Gasteiger partial charge in [0.1, 0.15) is 5.76 Å². The summed E-state index contributed by atoms with van der Waals surface area (Å²) in [6, 6.07) is 2.19. The van der Waals surface area contributed by atoms with Crippen molar-refractivity contribution in [2.75, 3.05) is 32.5 Å². The van der Waals surface area contributed by atoms with Crippen LogP contribution in [0.3, 0.4) is 0 Å². The Bertz CT molecular complexity index is 408. The Kier molecular flexibility index (Phi) is 3.86. The first-order valence-electron chi connectivity index (χ1n) is 6.22. The van der Waals surface area contributed by atoms with E-state index in [0.717, 1.165) is 25.9 Å². The minimum Gasteiger partial charge on any atom is -0.360 e. The van der Waals surface area contributed by atoms with E-state index >= 15 is 0 Å². The van der Waals surface area contributed by atoms with Crippen LogP contribution in [0.15, 0.2) is 10.6 Å². The standard InChI is InChI=1S/C12H20N4O2/c1-9-8-11(14-18-9)13-12(17)16-6-4-10(5-7-16)15(2)3/h8,10H,4-7H2,1-3H3,(H,13,14,17). The second-order valence-corrected chi connectivity index (χ2v) is 4.93. The maximum absolute atomic E-state index is 12.0. The van der Waals surface area contributed by atoms with Gasteiger partial charge in [0.15, 0.2) is 5.82 Å². The molecule has 1 aromatic rings. The van der Waals surface area contributed by atoms with Gasteiger partial charge in [-0.2, -0.15) is 0 Å². The molecule has 100 valence electrons. The van der Waals surface area contributed by atoms with Crippen molar-refractivity contribution in [3.8, 4) is 0 Å². The van der Waals surface area contributed by atoms with Crippen molar-refractivity contribution in [3.63, 3.8) is 0 Å². The zero-order chi connectivity index (χ0) is 13.1. The van der Waals surface area contributed by atoms with Crippen molar-refractivity contribution < 1.29 is 9.32 Å². The van der Waals surface area contributed by atoms with Gasteiger partial charge >= 0.3 is 6.03 Å². The van der Waals surface area contributed by atoms with Crippen molar-refractivity contribution in [2.45, 2.75) is 25.8 Å². The molecule has 1 fully saturated rings. The summed E-state index contributed by atoms with van der Waals surface area (Å²) >= 11 is 0. The predicted molar refractivity (Wildman–Crippen MR) is 68.5 cm³/mol. The number of amides is 2. The third-order valence-electron chi connectivity index (χ3n) is 3.34. The smallest absolute Gasteiger partial charge is 0.323 e. The van der Waals surface area contributed by atoms with Crippen LogP contribution in [0, 0.1) is 6.92 Å². The molecule has 6 heteroatoms. The molecule has 0 aliphatic carbocycles. The fraction of sp³-hybridized carbons (Fsp3) is 0.667. The molecule has 1 saturated heterocycles. The number of hydrogen-bond donors (Lipinski definition) is 1. The molecule has 2 amide bonds. The van der Waals surface area contributed by atoms with Crippen LogP contribution in [-0.2, 0) is 0 Å². The highest BCUT2D eigenvalue weighted by atomic mass is 16.5. The Balaban J connectivity index is 1.84. The Morgan fingerprint density at radius 3 is 2.67 bits per heavy atom. The quantitative estimate of drug-likeness (QED) is 0.867. The lowest BCUT2D eigenvalue weighted by molar-refractivity contribution is 0.156. The second-order valence-electron chi connectivity index (χ2n) is 4.93. The van der Waals surface area contributed by atoms with Gasteiger partial charge in [-0.15, -0.1) is 0 Å². The zero-order valence-electron chi connectivity index (χ0n) is 11.1. The molecule has 18 heavy (non-hydrogen) atoms. The fourth-order valence-electron chi connectivity index (χ4n) is 2.20. The normalized spacial score (nSPS) is 17.2. The van der Waals surface area contributed by atoms with Gasteiger partial charge in [0.2, 0.25) is 0 Å². The predicted octanol–water partition coefficient (Wildman–Crippen LogP) is 1.54. The molecule has 1 aromatic heterocycles. The van der Waals surface area contributed by atoms with Gasteiger partial charge in [-0.1, -0.05) is 5.16 Å². The van der Waals surface area contributed by atoms with Gasteiger partial charge in [-0.05, 0) is 33.9 Å². The van der Waals surface area contributed by atoms with E-state index < -0.39 is 0 Å². The van der Waals surface area contributed by atoms with Gasteiger partial charge in [-0.3, -0.25) is 5.32 Å². The molecule has 0 atom stereocenters. The molecule has 2 rings (SSSR count). The Labute approximate surface area is 107 Å². The van der Waals surface area contributed by atoms with Crippen LogP contribution in [0.25, 0.3) is 0 Å². The number of nitrogens with one attached hydrogen (secondary N) is 1. The van der Waals surface area contributed by atoms with Crippen LogP contribution in [0.4, 0.5) is 10.6 Å². The highest BCUT2D eigenvalue weighted by Gasteiger charge is 2.24. The van der Waals surface area contributed by atoms with Crippen molar-refractivity contribution in [1.29, 1.82) is 0 Å². The van der Waals surface area contributed by atoms with E-state index in [4.69, 9.17) is 4.52 Å². The van der Waals surface area contributed by atoms with Crippen LogP contribution in [0.5, 0.6) is 0 Å². The van der Waals surface area contributed by atoms with E-state index in [1.165, 1.54) is 0 Å². The third kappa shape index (κ3) is 3.01. The monoisotopic (exact) mass is 252 g/mol. The number of anilines is 1. The number of rotatable bonds is 2. The second kappa shape index (κ2) is 5.39. The van der Waals surface area contributed by atoms with Crippen LogP contribution in [-0.4, -0.2) is 54.2 Å². The number of piperidine rings is 1. The van der Waals surface area contributed by atoms with Gasteiger partial charge in [0.05, 0.1) is 0 Å². The molecular weight excluding hydrogens is 232 g/mol. The molecule has 0 unspecified atom stereocenters. The molecule has 1 aliphatic heterocycles. The van der Waals surface area contributed by atoms with Crippen LogP contribution >= 0.6 is 0 Å². The lowest BCUT2D eigenvalue weighted by atomic mass is 10.0. The van der Waals surface area contributed by atoms with E-state index in [0.29, 0.717) is 17.6 Å². The highest BCUT2D eigenvalue weighted by molar-refractivity contribution is 5.88. The summed E-state index contributed by atoms with van der Waals surface area (Å²) in [6.45, 7) is 3.36. The van der Waals surface area contributed by atoms with Gasteiger partial charge in [0, 0.05) is 25.2 Å². The van der Waals surface area contributed by atoms with Crippen molar-refractivity contribution in [2.24, 2.45) is 0 Å². The van der Waals surface area contributed by atoms with E-state index in [9.17, 15) is 4.79 Å². The van der Waals surface area contributed by atoms with Gasteiger partial charge in [0.25, 0.3) is 0 Å². The van der Waals surface area contributed by atoms with Gasteiger partial charge in [-0.25, -0.2) is 4.79 Å². The van der Waals surface area contributed by atoms with Crippen molar-refractivity contribution in [1.82, 2.24) is 15.0 Å². The summed E-state index contributed by atoms with van der Waals surface area (Å²) in [5.41, 5.74) is 0. The van der Waals surface area contributed by atoms with Crippen molar-refractivity contribution in [3.05, 3.63) is 11.8 Å². The Morgan fingerprint density at radius 2 is 2.17 bits per heavy atom. The minimum atomic E-state index is -0.0968. The number of likely N-dealkylation sites (tertiary alicyclic amines) is 1. The van der Waals surface area contributed by atoms with Crippen LogP contribution in [0.1, 0.15) is 18.6 Å². The number of aryl methyl sites for hydroxylation is 1. The molecule has 1 N–H and O–H groups in total. The maximum Gasteiger partial charge on any atom is 0.323 e. The fourth-order valence-corrected chi connectivity index (χ4v) is 2.20. The summed E-state index contributed by atoms with van der Waals surface area (Å²) in [4.78, 5) is 16.0. The largest absolute Gasteiger partial charge is 0.360 e. The van der Waals surface area contributed by atoms with Crippen LogP contribution in [0.2, 0.25) is 0 Å². The average Bonchev–Trinajstić information content (AvgIpc) is 2.75. The topological polar surface area (TPSA) is 61.6 Å². The number of hydrogen-bond acceptors (Lipinski definition) is 4. The van der Waals surface area contributed by atoms with Crippen LogP contribution < -0.4 is 5.32 Å². The van der Waals surface area contributed by atoms with Crippen molar-refractivity contribution >= 4 is 11.8 Å². The summed E-state index contributed by atoms with van der Waals surface area (Å²) in [5.74, 6) is 1.17. The SMILES string of the molecule is Cc1cc(NC(=O)N2CCC(N(C)C)CC2)no1. The first kappa shape index (κ1) is 12.9. The van der Waals surface area contributed by atoms with E-state index in [-0.39, 0.29) is 6.03 Å². The number of nitrogens with zero attached hydrogens (tertiary/aromatic N) is 3. The summed E-state index contributed by atoms with van der Waals surface area (Å²) in [5, 5.41) is 6.50. The molecule has 2 heterocycles. The molecule has 0 bridgehead atoms. The molecule has 0 aromatic carbocycles. The average molecular weight is 252 g/mol. The first-order valence-corrected chi connectivity index (χ1v) is 6.22. The molecule has 0 radical (unpaired) electrons. The van der Waals surface area contributed by atoms with E-state index in [1.54, 1.807) is 13.0 Å². The Morgan fingerprint density at radius 1 is 1.50 bits per heavy atom. The third-order valence-corrected chi connectivity index (χ3v) is 3.34.